The number of benzene rings is 2. The number of hydrogen-bond donors (Lipinski definition) is 3. The third-order valence-electron chi connectivity index (χ3n) is 3.52. The first kappa shape index (κ1) is 19.4. The Morgan fingerprint density at radius 2 is 1.65 bits per heavy atom. The van der Waals surface area contributed by atoms with Gasteiger partial charge in [0.25, 0.3) is 0 Å². The Hall–Kier alpha value is -1.60. The molecule has 0 aromatic heterocycles. The monoisotopic (exact) mass is 425 g/mol. The minimum Gasteiger partial charge on any atom is -0.384 e. The fraction of sp³-hybridized carbons (Fsp3) is 0.278. The van der Waals surface area contributed by atoms with E-state index in [1.54, 1.807) is 6.92 Å². The number of guanidine groups is 1. The van der Waals surface area contributed by atoms with Crippen LogP contribution in [0.3, 0.4) is 0 Å². The Balaban J connectivity index is 0.00000264. The Morgan fingerprint density at radius 3 is 2.26 bits per heavy atom. The molecule has 0 aliphatic rings. The van der Waals surface area contributed by atoms with Gasteiger partial charge in [0.15, 0.2) is 5.96 Å². The molecule has 0 radical (unpaired) electrons. The fourth-order valence-electron chi connectivity index (χ4n) is 2.16. The van der Waals surface area contributed by atoms with Crippen molar-refractivity contribution in [2.75, 3.05) is 13.1 Å². The van der Waals surface area contributed by atoms with Crippen molar-refractivity contribution in [3.8, 4) is 0 Å². The highest BCUT2D eigenvalue weighted by atomic mass is 127. The van der Waals surface area contributed by atoms with Crippen LogP contribution in [0.5, 0.6) is 0 Å². The lowest BCUT2D eigenvalue weighted by Gasteiger charge is -2.21. The van der Waals surface area contributed by atoms with Gasteiger partial charge in [-0.15, -0.1) is 24.0 Å². The molecule has 0 aliphatic carbocycles. The summed E-state index contributed by atoms with van der Waals surface area (Å²) in [6.07, 6.45) is 0.881. The minimum atomic E-state index is -1.02. The first-order valence-corrected chi connectivity index (χ1v) is 7.43. The molecule has 1 atom stereocenters. The summed E-state index contributed by atoms with van der Waals surface area (Å²) in [7, 11) is 0. The van der Waals surface area contributed by atoms with Gasteiger partial charge in [-0.2, -0.15) is 0 Å². The lowest BCUT2D eigenvalue weighted by atomic mass is 9.96. The van der Waals surface area contributed by atoms with E-state index in [2.05, 4.69) is 22.4 Å². The van der Waals surface area contributed by atoms with Gasteiger partial charge in [-0.1, -0.05) is 60.7 Å². The second-order valence-electron chi connectivity index (χ2n) is 5.50. The van der Waals surface area contributed by atoms with Gasteiger partial charge in [-0.25, -0.2) is 0 Å². The molecule has 4 nitrogen and oxygen atoms in total. The van der Waals surface area contributed by atoms with Crippen molar-refractivity contribution in [3.63, 3.8) is 0 Å². The van der Waals surface area contributed by atoms with Gasteiger partial charge in [-0.3, -0.25) is 4.99 Å². The summed E-state index contributed by atoms with van der Waals surface area (Å²) in [6.45, 7) is 2.68. The Labute approximate surface area is 154 Å². The van der Waals surface area contributed by atoms with E-state index in [1.165, 1.54) is 5.56 Å². The van der Waals surface area contributed by atoms with Crippen molar-refractivity contribution in [3.05, 3.63) is 71.8 Å². The lowest BCUT2D eigenvalue weighted by Crippen LogP contribution is -2.35. The van der Waals surface area contributed by atoms with Crippen LogP contribution >= 0.6 is 24.0 Å². The van der Waals surface area contributed by atoms with Gasteiger partial charge in [-0.05, 0) is 24.5 Å². The molecule has 2 aromatic carbocycles. The molecule has 4 N–H and O–H groups in total. The largest absolute Gasteiger partial charge is 0.384 e. The maximum Gasteiger partial charge on any atom is 0.188 e. The van der Waals surface area contributed by atoms with E-state index < -0.39 is 5.60 Å². The molecule has 2 rings (SSSR count). The zero-order valence-corrected chi connectivity index (χ0v) is 15.6. The number of nitrogens with one attached hydrogen (secondary N) is 1. The smallest absolute Gasteiger partial charge is 0.188 e. The molecule has 1 unspecified atom stereocenters. The van der Waals surface area contributed by atoms with E-state index in [4.69, 9.17) is 5.73 Å². The molecule has 0 spiro atoms. The van der Waals surface area contributed by atoms with Gasteiger partial charge in [0.2, 0.25) is 0 Å². The first-order chi connectivity index (χ1) is 10.6. The van der Waals surface area contributed by atoms with Gasteiger partial charge >= 0.3 is 0 Å². The predicted molar refractivity (Wildman–Crippen MR) is 106 cm³/mol. The van der Waals surface area contributed by atoms with Gasteiger partial charge in [0, 0.05) is 6.54 Å². The molecule has 5 heteroatoms. The third kappa shape index (κ3) is 6.58. The highest BCUT2D eigenvalue weighted by Gasteiger charge is 2.22. The SMILES string of the molecule is CC(O)(CN=C(N)NCCc1ccccc1)c1ccccc1.I. The average Bonchev–Trinajstić information content (AvgIpc) is 2.55. The zero-order chi connectivity index (χ0) is 15.8. The van der Waals surface area contributed by atoms with Crippen molar-refractivity contribution >= 4 is 29.9 Å². The zero-order valence-electron chi connectivity index (χ0n) is 13.3. The molecule has 2 aromatic rings. The van der Waals surface area contributed by atoms with E-state index in [9.17, 15) is 5.11 Å². The molecule has 0 heterocycles. The van der Waals surface area contributed by atoms with E-state index >= 15 is 0 Å². The van der Waals surface area contributed by atoms with Crippen LogP contribution in [0.25, 0.3) is 0 Å². The van der Waals surface area contributed by atoms with Crippen LogP contribution in [0, 0.1) is 0 Å². The number of nitrogens with two attached hydrogens (primary N) is 1. The summed E-state index contributed by atoms with van der Waals surface area (Å²) in [5.74, 6) is 0.354. The van der Waals surface area contributed by atoms with Crippen molar-refractivity contribution < 1.29 is 5.11 Å². The molecule has 0 fully saturated rings. The van der Waals surface area contributed by atoms with E-state index in [0.29, 0.717) is 12.5 Å². The van der Waals surface area contributed by atoms with Crippen LogP contribution < -0.4 is 11.1 Å². The average molecular weight is 425 g/mol. The van der Waals surface area contributed by atoms with Crippen molar-refractivity contribution in [2.45, 2.75) is 18.9 Å². The number of aliphatic imine (C=N–C) groups is 1. The van der Waals surface area contributed by atoms with Crippen molar-refractivity contribution in [2.24, 2.45) is 10.7 Å². The molecule has 0 saturated carbocycles. The lowest BCUT2D eigenvalue weighted by molar-refractivity contribution is 0.0673. The van der Waals surface area contributed by atoms with E-state index in [0.717, 1.165) is 12.0 Å². The topological polar surface area (TPSA) is 70.6 Å². The summed E-state index contributed by atoms with van der Waals surface area (Å²) < 4.78 is 0. The highest BCUT2D eigenvalue weighted by Crippen LogP contribution is 2.20. The summed E-state index contributed by atoms with van der Waals surface area (Å²) in [5, 5.41) is 13.5. The third-order valence-corrected chi connectivity index (χ3v) is 3.52. The second kappa shape index (κ2) is 9.52. The minimum absolute atomic E-state index is 0. The Kier molecular flexibility index (Phi) is 8.05. The molecule has 124 valence electrons. The maximum absolute atomic E-state index is 10.4. The predicted octanol–water partition coefficient (Wildman–Crippen LogP) is 2.66. The fourth-order valence-corrected chi connectivity index (χ4v) is 2.16. The van der Waals surface area contributed by atoms with Crippen LogP contribution in [-0.4, -0.2) is 24.2 Å². The summed E-state index contributed by atoms with van der Waals surface area (Å²) in [5.41, 5.74) is 6.91. The van der Waals surface area contributed by atoms with Gasteiger partial charge < -0.3 is 16.2 Å². The molecule has 0 amide bonds. The summed E-state index contributed by atoms with van der Waals surface area (Å²) in [4.78, 5) is 4.24. The summed E-state index contributed by atoms with van der Waals surface area (Å²) in [6, 6.07) is 19.7. The number of halogens is 1. The van der Waals surface area contributed by atoms with Crippen LogP contribution in [0.4, 0.5) is 0 Å². The van der Waals surface area contributed by atoms with Gasteiger partial charge in [0.05, 0.1) is 6.54 Å². The summed E-state index contributed by atoms with van der Waals surface area (Å²) >= 11 is 0. The first-order valence-electron chi connectivity index (χ1n) is 7.43. The molecule has 0 aliphatic heterocycles. The molecular weight excluding hydrogens is 401 g/mol. The van der Waals surface area contributed by atoms with Crippen LogP contribution in [0.1, 0.15) is 18.1 Å². The Bertz CT molecular complexity index is 600. The van der Waals surface area contributed by atoms with Crippen molar-refractivity contribution in [1.29, 1.82) is 0 Å². The van der Waals surface area contributed by atoms with Crippen LogP contribution in [0.15, 0.2) is 65.7 Å². The van der Waals surface area contributed by atoms with E-state index in [-0.39, 0.29) is 30.5 Å². The van der Waals surface area contributed by atoms with Crippen LogP contribution in [-0.2, 0) is 12.0 Å². The quantitative estimate of drug-likeness (QED) is 0.379. The van der Waals surface area contributed by atoms with Crippen LogP contribution in [0.2, 0.25) is 0 Å². The molecule has 0 bridgehead atoms. The standard InChI is InChI=1S/C18H23N3O.HI/c1-18(22,16-10-6-3-7-11-16)14-21-17(19)20-13-12-15-8-4-2-5-9-15;/h2-11,22H,12-14H2,1H3,(H3,19,20,21);1H. The van der Waals surface area contributed by atoms with E-state index in [1.807, 2.05) is 48.5 Å². The molecular formula is C18H24IN3O. The maximum atomic E-state index is 10.4. The van der Waals surface area contributed by atoms with Crippen molar-refractivity contribution in [1.82, 2.24) is 5.32 Å². The number of nitrogens with zero attached hydrogens (tertiary/aromatic N) is 1. The Morgan fingerprint density at radius 1 is 1.09 bits per heavy atom. The number of aliphatic hydroxyl groups is 1. The number of hydrogen-bond acceptors (Lipinski definition) is 2. The normalized spacial score (nSPS) is 13.7. The van der Waals surface area contributed by atoms with Gasteiger partial charge in [0.1, 0.15) is 5.60 Å². The molecule has 23 heavy (non-hydrogen) atoms. The second-order valence-corrected chi connectivity index (χ2v) is 5.50. The molecule has 0 saturated heterocycles. The number of rotatable bonds is 6. The highest BCUT2D eigenvalue weighted by molar-refractivity contribution is 14.0.